The molecule has 45 heavy (non-hydrogen) atoms. The molecule has 0 bridgehead atoms. The Bertz CT molecular complexity index is 1510. The van der Waals surface area contributed by atoms with Gasteiger partial charge in [-0.3, -0.25) is 14.4 Å². The molecule has 0 saturated carbocycles. The van der Waals surface area contributed by atoms with Crippen LogP contribution in [-0.4, -0.2) is 95.3 Å². The summed E-state index contributed by atoms with van der Waals surface area (Å²) >= 11 is 0. The van der Waals surface area contributed by atoms with E-state index in [1.807, 2.05) is 47.1 Å². The molecule has 1 aliphatic carbocycles. The molecule has 0 unspecified atom stereocenters. The predicted molar refractivity (Wildman–Crippen MR) is 170 cm³/mol. The first-order valence-corrected chi connectivity index (χ1v) is 16.5. The lowest BCUT2D eigenvalue weighted by Crippen LogP contribution is -2.57. The van der Waals surface area contributed by atoms with E-state index in [9.17, 15) is 19.2 Å². The summed E-state index contributed by atoms with van der Waals surface area (Å²) in [5.74, 6) is 0.353. The Morgan fingerprint density at radius 1 is 1.02 bits per heavy atom. The van der Waals surface area contributed by atoms with Crippen LogP contribution in [0.15, 0.2) is 36.5 Å². The van der Waals surface area contributed by atoms with Crippen LogP contribution in [0.3, 0.4) is 0 Å². The number of hydrogen-bond donors (Lipinski definition) is 3. The minimum absolute atomic E-state index is 0.00460. The van der Waals surface area contributed by atoms with Gasteiger partial charge in [0.05, 0.1) is 5.41 Å². The molecule has 238 valence electrons. The summed E-state index contributed by atoms with van der Waals surface area (Å²) in [5, 5.41) is 9.39. The number of urea groups is 1. The number of nitrogens with zero attached hydrogens (tertiary/aromatic N) is 4. The maximum Gasteiger partial charge on any atom is 0.319 e. The summed E-state index contributed by atoms with van der Waals surface area (Å²) in [6, 6.07) is 9.70. The lowest BCUT2D eigenvalue weighted by Gasteiger charge is -2.44. The number of piperidine rings is 2. The molecule has 2 atom stereocenters. The average Bonchev–Trinajstić information content (AvgIpc) is 3.79. The van der Waals surface area contributed by atoms with Crippen molar-refractivity contribution >= 4 is 35.3 Å². The summed E-state index contributed by atoms with van der Waals surface area (Å²) in [7, 11) is 0. The molecule has 7 rings (SSSR count). The van der Waals surface area contributed by atoms with Crippen molar-refractivity contribution in [3.63, 3.8) is 0 Å². The highest BCUT2D eigenvalue weighted by atomic mass is 16.2. The summed E-state index contributed by atoms with van der Waals surface area (Å²) in [4.78, 5) is 63.8. The lowest BCUT2D eigenvalue weighted by molar-refractivity contribution is -0.148. The number of aromatic nitrogens is 1. The Hall–Kier alpha value is -3.99. The maximum absolute atomic E-state index is 14.2. The van der Waals surface area contributed by atoms with Crippen LogP contribution in [0.5, 0.6) is 0 Å². The van der Waals surface area contributed by atoms with E-state index in [0.29, 0.717) is 56.8 Å². The lowest BCUT2D eigenvalue weighted by atomic mass is 9.78. The van der Waals surface area contributed by atoms with Crippen LogP contribution >= 0.6 is 0 Å². The SMILES string of the molecule is CC1(C(=O)N(CC(=O)Nc2ccc3c(c2)C[C@@]2(C3)C(=O)Nc3ncccc32)[C@H]2CCCNC2)CCN(C(=O)N2CCCC2)CC1. The maximum atomic E-state index is 14.2. The van der Waals surface area contributed by atoms with E-state index in [-0.39, 0.29) is 36.3 Å². The van der Waals surface area contributed by atoms with Crippen molar-refractivity contribution in [2.75, 3.05) is 56.4 Å². The number of pyridine rings is 1. The molecule has 5 amide bonds. The molecule has 5 heterocycles. The Kier molecular flexibility index (Phi) is 7.75. The first-order valence-electron chi connectivity index (χ1n) is 16.5. The van der Waals surface area contributed by atoms with Gasteiger partial charge in [-0.25, -0.2) is 9.78 Å². The molecule has 11 nitrogen and oxygen atoms in total. The summed E-state index contributed by atoms with van der Waals surface area (Å²) in [5.41, 5.74) is 2.41. The van der Waals surface area contributed by atoms with Crippen LogP contribution in [-0.2, 0) is 32.6 Å². The molecule has 2 aromatic rings. The van der Waals surface area contributed by atoms with Gasteiger partial charge in [-0.2, -0.15) is 0 Å². The molecule has 11 heteroatoms. The third-order valence-electron chi connectivity index (χ3n) is 10.8. The predicted octanol–water partition coefficient (Wildman–Crippen LogP) is 2.91. The Morgan fingerprint density at radius 3 is 2.53 bits per heavy atom. The standard InChI is InChI=1S/C34H43N7O4/c1-33(10-16-40(17-11-33)32(45)39-14-2-3-15-39)31(44)41(26-6-4-12-35-21-26)22-28(42)37-25-9-8-23-19-34(20-24(23)18-25)27-7-5-13-36-29(27)38-30(34)43/h5,7-9,13,18,26,35H,2-4,6,10-12,14-17,19-22H2,1H3,(H,37,42)(H,36,38,43)/t26-,34+/m0/s1. The number of carbonyl (C=O) groups is 4. The van der Waals surface area contributed by atoms with Crippen LogP contribution in [0, 0.1) is 5.41 Å². The number of rotatable bonds is 5. The van der Waals surface area contributed by atoms with Gasteiger partial charge in [-0.1, -0.05) is 19.1 Å². The van der Waals surface area contributed by atoms with Crippen molar-refractivity contribution < 1.29 is 19.2 Å². The van der Waals surface area contributed by atoms with E-state index in [2.05, 4.69) is 20.9 Å². The molecule has 3 fully saturated rings. The smallest absolute Gasteiger partial charge is 0.319 e. The molecular weight excluding hydrogens is 570 g/mol. The van der Waals surface area contributed by atoms with Crippen molar-refractivity contribution in [1.82, 2.24) is 25.0 Å². The van der Waals surface area contributed by atoms with Gasteiger partial charge >= 0.3 is 6.03 Å². The second kappa shape index (κ2) is 11.7. The van der Waals surface area contributed by atoms with Gasteiger partial charge in [0.1, 0.15) is 12.4 Å². The van der Waals surface area contributed by atoms with Crippen molar-refractivity contribution in [1.29, 1.82) is 0 Å². The zero-order chi connectivity index (χ0) is 31.2. The third kappa shape index (κ3) is 5.45. The number of fused-ring (bicyclic) bond motifs is 3. The fourth-order valence-corrected chi connectivity index (χ4v) is 8.03. The molecule has 3 saturated heterocycles. The van der Waals surface area contributed by atoms with Crippen LogP contribution in [0.25, 0.3) is 0 Å². The second-order valence-electron chi connectivity index (χ2n) is 13.8. The fraction of sp³-hybridized carbons (Fsp3) is 0.559. The molecule has 1 spiro atoms. The number of nitrogens with one attached hydrogen (secondary N) is 3. The number of benzene rings is 1. The first kappa shape index (κ1) is 29.7. The van der Waals surface area contributed by atoms with Crippen LogP contribution in [0.2, 0.25) is 0 Å². The van der Waals surface area contributed by atoms with E-state index in [1.54, 1.807) is 11.1 Å². The van der Waals surface area contributed by atoms with Gasteiger partial charge in [0.15, 0.2) is 0 Å². The van der Waals surface area contributed by atoms with E-state index < -0.39 is 10.8 Å². The van der Waals surface area contributed by atoms with Gasteiger partial charge < -0.3 is 30.7 Å². The summed E-state index contributed by atoms with van der Waals surface area (Å²) in [6.07, 6.45) is 7.90. The number of hydrogen-bond acceptors (Lipinski definition) is 6. The van der Waals surface area contributed by atoms with Crippen molar-refractivity contribution in [2.45, 2.75) is 69.7 Å². The molecule has 1 aromatic heterocycles. The van der Waals surface area contributed by atoms with Crippen molar-refractivity contribution in [2.24, 2.45) is 5.41 Å². The largest absolute Gasteiger partial charge is 0.329 e. The Labute approximate surface area is 264 Å². The Morgan fingerprint density at radius 2 is 1.78 bits per heavy atom. The quantitative estimate of drug-likeness (QED) is 0.476. The molecule has 3 N–H and O–H groups in total. The topological polar surface area (TPSA) is 127 Å². The van der Waals surface area contributed by atoms with E-state index in [4.69, 9.17) is 0 Å². The monoisotopic (exact) mass is 613 g/mol. The molecule has 0 radical (unpaired) electrons. The van der Waals surface area contributed by atoms with Crippen LogP contribution in [0.1, 0.15) is 62.1 Å². The molecule has 1 aromatic carbocycles. The number of likely N-dealkylation sites (tertiary alicyclic amines) is 2. The van der Waals surface area contributed by atoms with Gasteiger partial charge in [0, 0.05) is 61.6 Å². The second-order valence-corrected chi connectivity index (χ2v) is 13.8. The van der Waals surface area contributed by atoms with Gasteiger partial charge in [0.25, 0.3) is 0 Å². The van der Waals surface area contributed by atoms with E-state index >= 15 is 0 Å². The summed E-state index contributed by atoms with van der Waals surface area (Å²) < 4.78 is 0. The third-order valence-corrected chi connectivity index (χ3v) is 10.8. The van der Waals surface area contributed by atoms with Crippen LogP contribution < -0.4 is 16.0 Å². The van der Waals surface area contributed by atoms with E-state index in [1.165, 1.54) is 0 Å². The van der Waals surface area contributed by atoms with Gasteiger partial charge in [0.2, 0.25) is 17.7 Å². The summed E-state index contributed by atoms with van der Waals surface area (Å²) in [6.45, 7) is 6.27. The highest BCUT2D eigenvalue weighted by Gasteiger charge is 2.51. The Balaban J connectivity index is 1.03. The van der Waals surface area contributed by atoms with Gasteiger partial charge in [-0.05, 0) is 87.2 Å². The van der Waals surface area contributed by atoms with E-state index in [0.717, 1.165) is 62.0 Å². The molecular formula is C34H43N7O4. The zero-order valence-electron chi connectivity index (χ0n) is 26.1. The number of anilines is 2. The zero-order valence-corrected chi connectivity index (χ0v) is 26.1. The average molecular weight is 614 g/mol. The normalized spacial score (nSPS) is 25.1. The van der Waals surface area contributed by atoms with Crippen molar-refractivity contribution in [3.8, 4) is 0 Å². The number of amides is 5. The molecule has 5 aliphatic rings. The minimum Gasteiger partial charge on any atom is -0.329 e. The number of carbonyl (C=O) groups excluding carboxylic acids is 4. The highest BCUT2D eigenvalue weighted by molar-refractivity contribution is 6.06. The minimum atomic E-state index is -0.671. The first-order chi connectivity index (χ1) is 21.8. The fourth-order valence-electron chi connectivity index (χ4n) is 8.03. The van der Waals surface area contributed by atoms with Gasteiger partial charge in [-0.15, -0.1) is 0 Å². The molecule has 4 aliphatic heterocycles. The van der Waals surface area contributed by atoms with Crippen molar-refractivity contribution in [3.05, 3.63) is 53.2 Å². The highest BCUT2D eigenvalue weighted by Crippen LogP contribution is 2.47. The van der Waals surface area contributed by atoms with Crippen LogP contribution in [0.4, 0.5) is 16.3 Å².